The highest BCUT2D eigenvalue weighted by Crippen LogP contribution is 2.20. The van der Waals surface area contributed by atoms with Crippen LogP contribution in [0.25, 0.3) is 0 Å². The summed E-state index contributed by atoms with van der Waals surface area (Å²) in [6, 6.07) is 8.01. The summed E-state index contributed by atoms with van der Waals surface area (Å²) < 4.78 is 5.12. The fourth-order valence-corrected chi connectivity index (χ4v) is 1.99. The minimum atomic E-state index is 0.238. The van der Waals surface area contributed by atoms with Gasteiger partial charge in [-0.1, -0.05) is 12.1 Å². The lowest BCUT2D eigenvalue weighted by molar-refractivity contribution is -0.114. The van der Waals surface area contributed by atoms with Crippen molar-refractivity contribution >= 4 is 5.78 Å². The van der Waals surface area contributed by atoms with Crippen molar-refractivity contribution < 1.29 is 9.53 Å². The van der Waals surface area contributed by atoms with Crippen LogP contribution in [0.4, 0.5) is 0 Å². The molecule has 90 valence electrons. The van der Waals surface area contributed by atoms with Crippen molar-refractivity contribution in [1.29, 1.82) is 0 Å². The van der Waals surface area contributed by atoms with Gasteiger partial charge in [0, 0.05) is 31.8 Å². The molecule has 0 N–H and O–H groups in total. The quantitative estimate of drug-likeness (QED) is 0.796. The number of ketones is 1. The van der Waals surface area contributed by atoms with E-state index in [2.05, 4.69) is 4.90 Å². The van der Waals surface area contributed by atoms with Gasteiger partial charge in [0.15, 0.2) is 5.78 Å². The largest absolute Gasteiger partial charge is 0.497 e. The van der Waals surface area contributed by atoms with E-state index in [0.29, 0.717) is 6.42 Å². The minimum Gasteiger partial charge on any atom is -0.497 e. The molecule has 1 aliphatic rings. The van der Waals surface area contributed by atoms with Crippen molar-refractivity contribution in [3.05, 3.63) is 41.6 Å². The molecule has 0 saturated heterocycles. The summed E-state index contributed by atoms with van der Waals surface area (Å²) in [5, 5.41) is 0. The Morgan fingerprint density at radius 3 is 2.47 bits per heavy atom. The molecule has 3 heteroatoms. The van der Waals surface area contributed by atoms with Crippen LogP contribution in [0, 0.1) is 0 Å². The van der Waals surface area contributed by atoms with Gasteiger partial charge in [0.05, 0.1) is 7.11 Å². The van der Waals surface area contributed by atoms with Crippen molar-refractivity contribution in [1.82, 2.24) is 4.90 Å². The number of hydrogen-bond donors (Lipinski definition) is 0. The molecule has 17 heavy (non-hydrogen) atoms. The van der Waals surface area contributed by atoms with Gasteiger partial charge < -0.3 is 9.64 Å². The predicted molar refractivity (Wildman–Crippen MR) is 66.8 cm³/mol. The van der Waals surface area contributed by atoms with E-state index in [-0.39, 0.29) is 5.78 Å². The Bertz CT molecular complexity index is 434. The summed E-state index contributed by atoms with van der Waals surface area (Å²) in [5.74, 6) is 1.10. The lowest BCUT2D eigenvalue weighted by atomic mass is 10.2. The number of benzene rings is 1. The third-order valence-corrected chi connectivity index (χ3v) is 3.02. The molecule has 0 saturated carbocycles. The molecular formula is C14H17NO2. The second kappa shape index (κ2) is 5.04. The average molecular weight is 231 g/mol. The highest BCUT2D eigenvalue weighted by Gasteiger charge is 2.15. The SMILES string of the molecule is COc1ccc(CN(C)C2=CC(=O)CC2)cc1. The van der Waals surface area contributed by atoms with Gasteiger partial charge >= 0.3 is 0 Å². The number of carbonyl (C=O) groups excluding carboxylic acids is 1. The van der Waals surface area contributed by atoms with E-state index >= 15 is 0 Å². The summed E-state index contributed by atoms with van der Waals surface area (Å²) >= 11 is 0. The number of ether oxygens (including phenoxy) is 1. The maximum Gasteiger partial charge on any atom is 0.157 e. The monoisotopic (exact) mass is 231 g/mol. The van der Waals surface area contributed by atoms with Crippen molar-refractivity contribution in [3.63, 3.8) is 0 Å². The van der Waals surface area contributed by atoms with E-state index in [1.807, 2.05) is 31.3 Å². The molecule has 0 atom stereocenters. The van der Waals surface area contributed by atoms with Gasteiger partial charge in [-0.2, -0.15) is 0 Å². The van der Waals surface area contributed by atoms with Crippen LogP contribution in [0.1, 0.15) is 18.4 Å². The molecule has 0 fully saturated rings. The second-order valence-corrected chi connectivity index (χ2v) is 4.31. The smallest absolute Gasteiger partial charge is 0.157 e. The molecule has 0 radical (unpaired) electrons. The first-order chi connectivity index (χ1) is 8.19. The molecule has 0 aromatic heterocycles. The molecule has 2 rings (SSSR count). The van der Waals surface area contributed by atoms with Crippen LogP contribution >= 0.6 is 0 Å². The Labute approximate surface area is 102 Å². The van der Waals surface area contributed by atoms with Crippen molar-refractivity contribution in [2.45, 2.75) is 19.4 Å². The fraction of sp³-hybridized carbons (Fsp3) is 0.357. The summed E-state index contributed by atoms with van der Waals surface area (Å²) in [7, 11) is 3.69. The molecule has 1 aromatic carbocycles. The van der Waals surface area contributed by atoms with Crippen LogP contribution in [0.2, 0.25) is 0 Å². The molecule has 0 unspecified atom stereocenters. The van der Waals surface area contributed by atoms with Crippen LogP contribution < -0.4 is 4.74 Å². The number of methoxy groups -OCH3 is 1. The third-order valence-electron chi connectivity index (χ3n) is 3.02. The van der Waals surface area contributed by atoms with Crippen LogP contribution in [0.15, 0.2) is 36.0 Å². The Morgan fingerprint density at radius 2 is 1.94 bits per heavy atom. The Balaban J connectivity index is 2.00. The van der Waals surface area contributed by atoms with Gasteiger partial charge in [-0.05, 0) is 24.1 Å². The Hall–Kier alpha value is -1.77. The highest BCUT2D eigenvalue weighted by molar-refractivity contribution is 5.92. The predicted octanol–water partition coefficient (Wildman–Crippen LogP) is 2.37. The van der Waals surface area contributed by atoms with Crippen molar-refractivity contribution in [3.8, 4) is 5.75 Å². The van der Waals surface area contributed by atoms with Crippen LogP contribution in [0.3, 0.4) is 0 Å². The molecule has 0 spiro atoms. The van der Waals surface area contributed by atoms with E-state index < -0.39 is 0 Å². The number of hydrogen-bond acceptors (Lipinski definition) is 3. The van der Waals surface area contributed by atoms with E-state index in [0.717, 1.165) is 24.4 Å². The molecule has 1 aliphatic carbocycles. The topological polar surface area (TPSA) is 29.5 Å². The number of nitrogens with zero attached hydrogens (tertiary/aromatic N) is 1. The van der Waals surface area contributed by atoms with Crippen LogP contribution in [-0.2, 0) is 11.3 Å². The van der Waals surface area contributed by atoms with Crippen LogP contribution in [0.5, 0.6) is 5.75 Å². The number of carbonyl (C=O) groups is 1. The van der Waals surface area contributed by atoms with Gasteiger partial charge in [0.2, 0.25) is 0 Å². The van der Waals surface area contributed by atoms with E-state index in [4.69, 9.17) is 4.74 Å². The summed E-state index contributed by atoms with van der Waals surface area (Å²) in [4.78, 5) is 13.3. The van der Waals surface area contributed by atoms with E-state index in [1.54, 1.807) is 13.2 Å². The lowest BCUT2D eigenvalue weighted by Gasteiger charge is -2.20. The average Bonchev–Trinajstić information content (AvgIpc) is 2.77. The molecule has 0 bridgehead atoms. The minimum absolute atomic E-state index is 0.238. The molecular weight excluding hydrogens is 214 g/mol. The molecule has 3 nitrogen and oxygen atoms in total. The number of allylic oxidation sites excluding steroid dienone is 2. The first-order valence-electron chi connectivity index (χ1n) is 5.76. The molecule has 0 amide bonds. The zero-order valence-electron chi connectivity index (χ0n) is 10.3. The zero-order valence-corrected chi connectivity index (χ0v) is 10.3. The van der Waals surface area contributed by atoms with E-state index in [1.165, 1.54) is 5.56 Å². The van der Waals surface area contributed by atoms with Gasteiger partial charge in [0.1, 0.15) is 5.75 Å². The summed E-state index contributed by atoms with van der Waals surface area (Å²) in [5.41, 5.74) is 2.35. The van der Waals surface area contributed by atoms with Crippen LogP contribution in [-0.4, -0.2) is 24.8 Å². The van der Waals surface area contributed by atoms with Gasteiger partial charge in [-0.3, -0.25) is 4.79 Å². The third kappa shape index (κ3) is 2.87. The summed E-state index contributed by atoms with van der Waals surface area (Å²) in [6.07, 6.45) is 3.28. The highest BCUT2D eigenvalue weighted by atomic mass is 16.5. The summed E-state index contributed by atoms with van der Waals surface area (Å²) in [6.45, 7) is 0.823. The first-order valence-corrected chi connectivity index (χ1v) is 5.76. The Kier molecular flexibility index (Phi) is 3.47. The number of rotatable bonds is 4. The zero-order chi connectivity index (χ0) is 12.3. The first kappa shape index (κ1) is 11.7. The lowest BCUT2D eigenvalue weighted by Crippen LogP contribution is -2.15. The fourth-order valence-electron chi connectivity index (χ4n) is 1.99. The van der Waals surface area contributed by atoms with Gasteiger partial charge in [-0.15, -0.1) is 0 Å². The standard InChI is InChI=1S/C14H17NO2/c1-15(12-5-6-13(16)9-12)10-11-3-7-14(17-2)8-4-11/h3-4,7-9H,5-6,10H2,1-2H3. The molecule has 0 heterocycles. The van der Waals surface area contributed by atoms with Gasteiger partial charge in [0.25, 0.3) is 0 Å². The molecule has 1 aromatic rings. The normalized spacial score (nSPS) is 14.7. The maximum absolute atomic E-state index is 11.2. The molecule has 0 aliphatic heterocycles. The van der Waals surface area contributed by atoms with Crippen molar-refractivity contribution in [2.24, 2.45) is 0 Å². The maximum atomic E-state index is 11.2. The Morgan fingerprint density at radius 1 is 1.24 bits per heavy atom. The van der Waals surface area contributed by atoms with Gasteiger partial charge in [-0.25, -0.2) is 0 Å². The second-order valence-electron chi connectivity index (χ2n) is 4.31. The van der Waals surface area contributed by atoms with Crippen molar-refractivity contribution in [2.75, 3.05) is 14.2 Å². The van der Waals surface area contributed by atoms with E-state index in [9.17, 15) is 4.79 Å².